The SMILES string of the molecule is CCN(C(=O)CC1CCCCO1)C(C)(C)C(=O)O. The van der Waals surface area contributed by atoms with E-state index in [1.165, 1.54) is 4.90 Å². The van der Waals surface area contributed by atoms with Crippen molar-refractivity contribution in [2.45, 2.75) is 58.1 Å². The molecule has 0 aromatic heterocycles. The summed E-state index contributed by atoms with van der Waals surface area (Å²) in [4.78, 5) is 24.8. The summed E-state index contributed by atoms with van der Waals surface area (Å²) in [7, 11) is 0. The van der Waals surface area contributed by atoms with Crippen molar-refractivity contribution in [1.82, 2.24) is 4.90 Å². The number of hydrogen-bond acceptors (Lipinski definition) is 3. The van der Waals surface area contributed by atoms with E-state index in [1.54, 1.807) is 20.8 Å². The van der Waals surface area contributed by atoms with Gasteiger partial charge >= 0.3 is 5.97 Å². The summed E-state index contributed by atoms with van der Waals surface area (Å²) >= 11 is 0. The van der Waals surface area contributed by atoms with Gasteiger partial charge in [-0.05, 0) is 40.0 Å². The first-order chi connectivity index (χ1) is 8.39. The van der Waals surface area contributed by atoms with Crippen LogP contribution in [0.25, 0.3) is 0 Å². The molecule has 0 saturated carbocycles. The highest BCUT2D eigenvalue weighted by Gasteiger charge is 2.37. The van der Waals surface area contributed by atoms with Crippen LogP contribution < -0.4 is 0 Å². The number of amides is 1. The largest absolute Gasteiger partial charge is 0.480 e. The lowest BCUT2D eigenvalue weighted by Crippen LogP contribution is -2.53. The van der Waals surface area contributed by atoms with Crippen molar-refractivity contribution in [3.05, 3.63) is 0 Å². The average molecular weight is 257 g/mol. The van der Waals surface area contributed by atoms with Gasteiger partial charge < -0.3 is 14.7 Å². The first-order valence-electron chi connectivity index (χ1n) is 6.55. The predicted octanol–water partition coefficient (Wildman–Crippen LogP) is 1.66. The van der Waals surface area contributed by atoms with E-state index >= 15 is 0 Å². The predicted molar refractivity (Wildman–Crippen MR) is 67.3 cm³/mol. The summed E-state index contributed by atoms with van der Waals surface area (Å²) < 4.78 is 5.52. The Bertz CT molecular complexity index is 308. The molecule has 1 unspecified atom stereocenters. The van der Waals surface area contributed by atoms with Crippen LogP contribution in [0.1, 0.15) is 46.5 Å². The zero-order chi connectivity index (χ0) is 13.8. The fourth-order valence-corrected chi connectivity index (χ4v) is 2.27. The van der Waals surface area contributed by atoms with Crippen LogP contribution in [0.15, 0.2) is 0 Å². The summed E-state index contributed by atoms with van der Waals surface area (Å²) in [5, 5.41) is 9.17. The molecule has 5 nitrogen and oxygen atoms in total. The first kappa shape index (κ1) is 15.0. The van der Waals surface area contributed by atoms with Crippen molar-refractivity contribution in [2.24, 2.45) is 0 Å². The second-order valence-corrected chi connectivity index (χ2v) is 5.19. The standard InChI is InChI=1S/C13H23NO4/c1-4-14(13(2,3)12(16)17)11(15)9-10-7-5-6-8-18-10/h10H,4-9H2,1-3H3,(H,16,17). The Labute approximate surface area is 108 Å². The van der Waals surface area contributed by atoms with Crippen molar-refractivity contribution in [3.8, 4) is 0 Å². The molecule has 1 atom stereocenters. The van der Waals surface area contributed by atoms with Crippen molar-refractivity contribution >= 4 is 11.9 Å². The lowest BCUT2D eigenvalue weighted by Gasteiger charge is -2.35. The average Bonchev–Trinajstić information content (AvgIpc) is 2.30. The van der Waals surface area contributed by atoms with Gasteiger partial charge in [-0.3, -0.25) is 4.79 Å². The normalized spacial score (nSPS) is 20.5. The van der Waals surface area contributed by atoms with Crippen molar-refractivity contribution in [2.75, 3.05) is 13.2 Å². The van der Waals surface area contributed by atoms with E-state index in [-0.39, 0.29) is 18.4 Å². The number of hydrogen-bond donors (Lipinski definition) is 1. The molecular formula is C13H23NO4. The lowest BCUT2D eigenvalue weighted by molar-refractivity contribution is -0.158. The number of carbonyl (C=O) groups is 2. The summed E-state index contributed by atoms with van der Waals surface area (Å²) in [6, 6.07) is 0. The number of carboxylic acid groups (broad SMARTS) is 1. The van der Waals surface area contributed by atoms with Gasteiger partial charge in [-0.15, -0.1) is 0 Å². The van der Waals surface area contributed by atoms with Crippen LogP contribution in [0, 0.1) is 0 Å². The van der Waals surface area contributed by atoms with Crippen molar-refractivity contribution in [1.29, 1.82) is 0 Å². The zero-order valence-electron chi connectivity index (χ0n) is 11.4. The molecule has 1 saturated heterocycles. The quantitative estimate of drug-likeness (QED) is 0.813. The Kier molecular flexibility index (Phi) is 5.14. The van der Waals surface area contributed by atoms with Gasteiger partial charge in [-0.1, -0.05) is 0 Å². The monoisotopic (exact) mass is 257 g/mol. The molecule has 0 aromatic rings. The maximum Gasteiger partial charge on any atom is 0.329 e. The van der Waals surface area contributed by atoms with E-state index < -0.39 is 11.5 Å². The Morgan fingerprint density at radius 2 is 2.06 bits per heavy atom. The molecule has 18 heavy (non-hydrogen) atoms. The van der Waals surface area contributed by atoms with Crippen LogP contribution in [0.5, 0.6) is 0 Å². The van der Waals surface area contributed by atoms with Gasteiger partial charge in [0, 0.05) is 13.2 Å². The van der Waals surface area contributed by atoms with Crippen molar-refractivity contribution in [3.63, 3.8) is 0 Å². The van der Waals surface area contributed by atoms with Gasteiger partial charge in [0.15, 0.2) is 0 Å². The van der Waals surface area contributed by atoms with Crippen molar-refractivity contribution < 1.29 is 19.4 Å². The van der Waals surface area contributed by atoms with E-state index in [0.717, 1.165) is 19.3 Å². The van der Waals surface area contributed by atoms with Gasteiger partial charge in [-0.2, -0.15) is 0 Å². The van der Waals surface area contributed by atoms with Gasteiger partial charge in [-0.25, -0.2) is 4.79 Å². The van der Waals surface area contributed by atoms with Crippen LogP contribution in [0.4, 0.5) is 0 Å². The van der Waals surface area contributed by atoms with E-state index in [9.17, 15) is 14.7 Å². The molecule has 1 aliphatic heterocycles. The molecule has 1 amide bonds. The Balaban J connectivity index is 2.64. The number of carboxylic acids is 1. The topological polar surface area (TPSA) is 66.8 Å². The highest BCUT2D eigenvalue weighted by atomic mass is 16.5. The molecule has 0 radical (unpaired) electrons. The zero-order valence-corrected chi connectivity index (χ0v) is 11.4. The maximum absolute atomic E-state index is 12.2. The maximum atomic E-state index is 12.2. The van der Waals surface area contributed by atoms with Gasteiger partial charge in [0.1, 0.15) is 5.54 Å². The third-order valence-electron chi connectivity index (χ3n) is 3.49. The number of carbonyl (C=O) groups excluding carboxylic acids is 1. The molecule has 1 heterocycles. The number of aliphatic carboxylic acids is 1. The number of ether oxygens (including phenoxy) is 1. The smallest absolute Gasteiger partial charge is 0.329 e. The first-order valence-corrected chi connectivity index (χ1v) is 6.55. The minimum atomic E-state index is -1.17. The van der Waals surface area contributed by atoms with Crippen LogP contribution >= 0.6 is 0 Å². The van der Waals surface area contributed by atoms with E-state index in [0.29, 0.717) is 13.2 Å². The van der Waals surface area contributed by atoms with Gasteiger partial charge in [0.25, 0.3) is 0 Å². The highest BCUT2D eigenvalue weighted by molar-refractivity contribution is 5.86. The van der Waals surface area contributed by atoms with Crippen LogP contribution in [-0.2, 0) is 14.3 Å². The molecule has 1 rings (SSSR count). The molecule has 0 bridgehead atoms. The molecule has 5 heteroatoms. The van der Waals surface area contributed by atoms with Crippen LogP contribution in [0.2, 0.25) is 0 Å². The van der Waals surface area contributed by atoms with E-state index in [4.69, 9.17) is 4.74 Å². The van der Waals surface area contributed by atoms with E-state index in [1.807, 2.05) is 0 Å². The molecule has 0 aliphatic carbocycles. The molecule has 0 aromatic carbocycles. The fourth-order valence-electron chi connectivity index (χ4n) is 2.27. The van der Waals surface area contributed by atoms with Gasteiger partial charge in [0.05, 0.1) is 12.5 Å². The number of nitrogens with zero attached hydrogens (tertiary/aromatic N) is 1. The lowest BCUT2D eigenvalue weighted by atomic mass is 10.0. The highest BCUT2D eigenvalue weighted by Crippen LogP contribution is 2.20. The molecule has 104 valence electrons. The summed E-state index contributed by atoms with van der Waals surface area (Å²) in [5.41, 5.74) is -1.17. The third-order valence-corrected chi connectivity index (χ3v) is 3.49. The second-order valence-electron chi connectivity index (χ2n) is 5.19. The molecule has 1 fully saturated rings. The Morgan fingerprint density at radius 1 is 1.39 bits per heavy atom. The van der Waals surface area contributed by atoms with E-state index in [2.05, 4.69) is 0 Å². The van der Waals surface area contributed by atoms with Crippen LogP contribution in [-0.4, -0.2) is 46.7 Å². The Morgan fingerprint density at radius 3 is 2.50 bits per heavy atom. The molecule has 1 aliphatic rings. The molecule has 0 spiro atoms. The number of likely N-dealkylation sites (N-methyl/N-ethyl adjacent to an activating group) is 1. The van der Waals surface area contributed by atoms with Crippen LogP contribution in [0.3, 0.4) is 0 Å². The minimum absolute atomic E-state index is 0.0510. The summed E-state index contributed by atoms with van der Waals surface area (Å²) in [6.45, 7) is 6.00. The molecule has 1 N–H and O–H groups in total. The Hall–Kier alpha value is -1.10. The third kappa shape index (κ3) is 3.45. The summed E-state index contributed by atoms with van der Waals surface area (Å²) in [5.74, 6) is -1.13. The minimum Gasteiger partial charge on any atom is -0.480 e. The number of rotatable bonds is 5. The van der Waals surface area contributed by atoms with Gasteiger partial charge in [0.2, 0.25) is 5.91 Å². The second kappa shape index (κ2) is 6.18. The summed E-state index contributed by atoms with van der Waals surface area (Å²) in [6.07, 6.45) is 3.24. The molecular weight excluding hydrogens is 234 g/mol. The fraction of sp³-hybridized carbons (Fsp3) is 0.846.